The molecule has 0 bridgehead atoms. The molecular formula is C17H23NO. The fourth-order valence-corrected chi connectivity index (χ4v) is 2.48. The van der Waals surface area contributed by atoms with Crippen molar-refractivity contribution in [2.75, 3.05) is 6.54 Å². The lowest BCUT2D eigenvalue weighted by atomic mass is 10.1. The maximum Gasteiger partial charge on any atom is 0.134 e. The smallest absolute Gasteiger partial charge is 0.134 e. The summed E-state index contributed by atoms with van der Waals surface area (Å²) in [5.41, 5.74) is 3.71. The van der Waals surface area contributed by atoms with Gasteiger partial charge in [-0.05, 0) is 51.6 Å². The van der Waals surface area contributed by atoms with Gasteiger partial charge in [0.05, 0.1) is 0 Å². The van der Waals surface area contributed by atoms with E-state index < -0.39 is 0 Å². The number of likely N-dealkylation sites (N-methyl/N-ethyl adjacent to an activating group) is 1. The van der Waals surface area contributed by atoms with Crippen LogP contribution in [0.15, 0.2) is 34.7 Å². The van der Waals surface area contributed by atoms with E-state index in [0.29, 0.717) is 6.04 Å². The van der Waals surface area contributed by atoms with Crippen molar-refractivity contribution in [2.45, 2.75) is 40.2 Å². The van der Waals surface area contributed by atoms with Gasteiger partial charge in [0.15, 0.2) is 0 Å². The van der Waals surface area contributed by atoms with Crippen LogP contribution in [-0.2, 0) is 6.42 Å². The number of aryl methyl sites for hydroxylation is 2. The highest BCUT2D eigenvalue weighted by Gasteiger charge is 2.08. The molecular weight excluding hydrogens is 234 g/mol. The van der Waals surface area contributed by atoms with E-state index in [9.17, 15) is 0 Å². The first-order valence-electron chi connectivity index (χ1n) is 6.99. The zero-order chi connectivity index (χ0) is 13.8. The van der Waals surface area contributed by atoms with Gasteiger partial charge in [-0.1, -0.05) is 24.1 Å². The third-order valence-corrected chi connectivity index (χ3v) is 3.23. The summed E-state index contributed by atoms with van der Waals surface area (Å²) in [6, 6.07) is 11.1. The van der Waals surface area contributed by atoms with Gasteiger partial charge in [-0.25, -0.2) is 0 Å². The SMILES string of the molecule is CCNC(C)Cc1ccc(-c2cc(C)cc(C)c2)o1. The summed E-state index contributed by atoms with van der Waals surface area (Å²) >= 11 is 0. The minimum Gasteiger partial charge on any atom is -0.461 e. The van der Waals surface area contributed by atoms with Crippen molar-refractivity contribution in [3.05, 3.63) is 47.2 Å². The molecule has 0 spiro atoms. The van der Waals surface area contributed by atoms with Gasteiger partial charge < -0.3 is 9.73 Å². The Labute approximate surface area is 115 Å². The maximum absolute atomic E-state index is 5.96. The van der Waals surface area contributed by atoms with Crippen LogP contribution in [0.25, 0.3) is 11.3 Å². The van der Waals surface area contributed by atoms with Gasteiger partial charge in [0.25, 0.3) is 0 Å². The minimum atomic E-state index is 0.447. The van der Waals surface area contributed by atoms with E-state index in [0.717, 1.165) is 24.5 Å². The average Bonchev–Trinajstić information content (AvgIpc) is 2.76. The van der Waals surface area contributed by atoms with Crippen LogP contribution in [0.2, 0.25) is 0 Å². The molecule has 19 heavy (non-hydrogen) atoms. The zero-order valence-corrected chi connectivity index (χ0v) is 12.3. The van der Waals surface area contributed by atoms with Crippen molar-refractivity contribution in [1.82, 2.24) is 5.32 Å². The Hall–Kier alpha value is -1.54. The number of nitrogens with one attached hydrogen (secondary N) is 1. The summed E-state index contributed by atoms with van der Waals surface area (Å²) in [5, 5.41) is 3.40. The van der Waals surface area contributed by atoms with Crippen LogP contribution < -0.4 is 5.32 Å². The molecule has 0 radical (unpaired) electrons. The average molecular weight is 257 g/mol. The predicted octanol–water partition coefficient (Wildman–Crippen LogP) is 4.10. The maximum atomic E-state index is 5.96. The summed E-state index contributed by atoms with van der Waals surface area (Å²) in [6.07, 6.45) is 0.929. The minimum absolute atomic E-state index is 0.447. The third kappa shape index (κ3) is 3.71. The van der Waals surface area contributed by atoms with E-state index in [2.05, 4.69) is 63.3 Å². The van der Waals surface area contributed by atoms with Gasteiger partial charge in [0, 0.05) is 18.0 Å². The first kappa shape index (κ1) is 13.9. The first-order chi connectivity index (χ1) is 9.08. The van der Waals surface area contributed by atoms with Crippen molar-refractivity contribution in [2.24, 2.45) is 0 Å². The van der Waals surface area contributed by atoms with Gasteiger partial charge in [-0.2, -0.15) is 0 Å². The molecule has 0 aliphatic rings. The molecule has 0 aliphatic heterocycles. The van der Waals surface area contributed by atoms with Crippen molar-refractivity contribution < 1.29 is 4.42 Å². The van der Waals surface area contributed by atoms with E-state index in [-0.39, 0.29) is 0 Å². The lowest BCUT2D eigenvalue weighted by molar-refractivity contribution is 0.470. The Bertz CT molecular complexity index is 522. The van der Waals surface area contributed by atoms with Crippen molar-refractivity contribution in [3.63, 3.8) is 0 Å². The molecule has 1 aromatic heterocycles. The van der Waals surface area contributed by atoms with Gasteiger partial charge in [-0.15, -0.1) is 0 Å². The summed E-state index contributed by atoms with van der Waals surface area (Å²) < 4.78 is 5.96. The quantitative estimate of drug-likeness (QED) is 0.872. The Morgan fingerprint density at radius 3 is 2.42 bits per heavy atom. The van der Waals surface area contributed by atoms with Gasteiger partial charge in [0.2, 0.25) is 0 Å². The standard InChI is InChI=1S/C17H23NO/c1-5-18-14(4)11-16-6-7-17(19-16)15-9-12(2)8-13(3)10-15/h6-10,14,18H,5,11H2,1-4H3. The molecule has 1 aromatic carbocycles. The van der Waals surface area contributed by atoms with E-state index in [1.165, 1.54) is 16.7 Å². The normalized spacial score (nSPS) is 12.6. The molecule has 0 saturated carbocycles. The van der Waals surface area contributed by atoms with Crippen LogP contribution in [0.1, 0.15) is 30.7 Å². The van der Waals surface area contributed by atoms with E-state index >= 15 is 0 Å². The van der Waals surface area contributed by atoms with Crippen molar-refractivity contribution in [1.29, 1.82) is 0 Å². The molecule has 0 aliphatic carbocycles. The molecule has 0 fully saturated rings. The van der Waals surface area contributed by atoms with Crippen LogP contribution in [-0.4, -0.2) is 12.6 Å². The molecule has 1 unspecified atom stereocenters. The summed E-state index contributed by atoms with van der Waals surface area (Å²) in [4.78, 5) is 0. The topological polar surface area (TPSA) is 25.2 Å². The highest BCUT2D eigenvalue weighted by molar-refractivity contribution is 5.59. The van der Waals surface area contributed by atoms with Crippen LogP contribution in [0.3, 0.4) is 0 Å². The summed E-state index contributed by atoms with van der Waals surface area (Å²) in [5.74, 6) is 2.01. The zero-order valence-electron chi connectivity index (χ0n) is 12.3. The van der Waals surface area contributed by atoms with E-state index in [4.69, 9.17) is 4.42 Å². The lowest BCUT2D eigenvalue weighted by Gasteiger charge is -2.09. The molecule has 102 valence electrons. The fraction of sp³-hybridized carbons (Fsp3) is 0.412. The molecule has 1 atom stereocenters. The number of benzene rings is 1. The Kier molecular flexibility index (Phi) is 4.43. The second-order valence-corrected chi connectivity index (χ2v) is 5.31. The Morgan fingerprint density at radius 1 is 1.11 bits per heavy atom. The van der Waals surface area contributed by atoms with Crippen LogP contribution in [0, 0.1) is 13.8 Å². The first-order valence-corrected chi connectivity index (χ1v) is 6.99. The molecule has 2 heteroatoms. The Morgan fingerprint density at radius 2 is 1.79 bits per heavy atom. The Balaban J connectivity index is 2.16. The van der Waals surface area contributed by atoms with Crippen LogP contribution >= 0.6 is 0 Å². The number of furan rings is 1. The predicted molar refractivity (Wildman–Crippen MR) is 80.5 cm³/mol. The molecule has 1 N–H and O–H groups in total. The van der Waals surface area contributed by atoms with Crippen molar-refractivity contribution in [3.8, 4) is 11.3 Å². The molecule has 1 heterocycles. The molecule has 0 amide bonds. The van der Waals surface area contributed by atoms with E-state index in [1.807, 2.05) is 0 Å². The van der Waals surface area contributed by atoms with Crippen molar-refractivity contribution >= 4 is 0 Å². The molecule has 2 aromatic rings. The van der Waals surface area contributed by atoms with Gasteiger partial charge in [0.1, 0.15) is 11.5 Å². The molecule has 2 rings (SSSR count). The molecule has 2 nitrogen and oxygen atoms in total. The largest absolute Gasteiger partial charge is 0.461 e. The van der Waals surface area contributed by atoms with Gasteiger partial charge in [-0.3, -0.25) is 0 Å². The molecule has 0 saturated heterocycles. The summed E-state index contributed by atoms with van der Waals surface area (Å²) in [6.45, 7) is 9.54. The third-order valence-electron chi connectivity index (χ3n) is 3.23. The monoisotopic (exact) mass is 257 g/mol. The second-order valence-electron chi connectivity index (χ2n) is 5.31. The highest BCUT2D eigenvalue weighted by Crippen LogP contribution is 2.25. The number of hydrogen-bond donors (Lipinski definition) is 1. The number of rotatable bonds is 5. The number of hydrogen-bond acceptors (Lipinski definition) is 2. The van der Waals surface area contributed by atoms with Gasteiger partial charge >= 0.3 is 0 Å². The van der Waals surface area contributed by atoms with Crippen LogP contribution in [0.4, 0.5) is 0 Å². The van der Waals surface area contributed by atoms with E-state index in [1.54, 1.807) is 0 Å². The summed E-state index contributed by atoms with van der Waals surface area (Å²) in [7, 11) is 0. The van der Waals surface area contributed by atoms with Crippen LogP contribution in [0.5, 0.6) is 0 Å². The second kappa shape index (κ2) is 6.07. The lowest BCUT2D eigenvalue weighted by Crippen LogP contribution is -2.27. The fourth-order valence-electron chi connectivity index (χ4n) is 2.48. The highest BCUT2D eigenvalue weighted by atomic mass is 16.3.